The van der Waals surface area contributed by atoms with Crippen molar-refractivity contribution < 1.29 is 14.3 Å². The number of carbonyl (C=O) groups is 2. The first-order chi connectivity index (χ1) is 12.9. The molecule has 150 valence electrons. The first kappa shape index (κ1) is 21.2. The summed E-state index contributed by atoms with van der Waals surface area (Å²) in [5, 5.41) is 0. The zero-order valence-corrected chi connectivity index (χ0v) is 17.1. The molecule has 0 aliphatic carbocycles. The Bertz CT molecular complexity index is 606. The summed E-state index contributed by atoms with van der Waals surface area (Å²) in [6, 6.07) is 9.60. The number of hydrogen-bond donors (Lipinski definition) is 0. The fourth-order valence-electron chi connectivity index (χ4n) is 3.23. The Morgan fingerprint density at radius 1 is 1.07 bits per heavy atom. The van der Waals surface area contributed by atoms with Gasteiger partial charge >= 0.3 is 6.09 Å². The predicted octanol–water partition coefficient (Wildman–Crippen LogP) is 3.01. The van der Waals surface area contributed by atoms with Crippen LogP contribution in [0.1, 0.15) is 38.8 Å². The molecule has 27 heavy (non-hydrogen) atoms. The third-order valence-electron chi connectivity index (χ3n) is 4.89. The number of ether oxygens (including phenoxy) is 1. The highest BCUT2D eigenvalue weighted by molar-refractivity contribution is 5.83. The summed E-state index contributed by atoms with van der Waals surface area (Å²) in [6.07, 6.45) is 0.489. The van der Waals surface area contributed by atoms with E-state index in [0.717, 1.165) is 18.5 Å². The van der Waals surface area contributed by atoms with E-state index in [2.05, 4.69) is 11.8 Å². The van der Waals surface area contributed by atoms with E-state index in [-0.39, 0.29) is 18.0 Å². The number of benzene rings is 1. The molecule has 1 heterocycles. The van der Waals surface area contributed by atoms with Gasteiger partial charge in [0.25, 0.3) is 0 Å². The van der Waals surface area contributed by atoms with Gasteiger partial charge in [0.1, 0.15) is 6.04 Å². The van der Waals surface area contributed by atoms with Crippen molar-refractivity contribution in [3.63, 3.8) is 0 Å². The van der Waals surface area contributed by atoms with Crippen LogP contribution in [-0.4, -0.2) is 73.1 Å². The van der Waals surface area contributed by atoms with E-state index in [4.69, 9.17) is 4.74 Å². The van der Waals surface area contributed by atoms with E-state index >= 15 is 0 Å². The van der Waals surface area contributed by atoms with Crippen LogP contribution in [0.5, 0.6) is 0 Å². The lowest BCUT2D eigenvalue weighted by molar-refractivity contribution is -0.136. The van der Waals surface area contributed by atoms with Crippen molar-refractivity contribution in [2.45, 2.75) is 33.2 Å². The largest absolute Gasteiger partial charge is 0.449 e. The average molecular weight is 376 g/mol. The van der Waals surface area contributed by atoms with Gasteiger partial charge in [-0.2, -0.15) is 0 Å². The van der Waals surface area contributed by atoms with Crippen LogP contribution in [0, 0.1) is 5.92 Å². The van der Waals surface area contributed by atoms with Crippen LogP contribution in [0.25, 0.3) is 0 Å². The van der Waals surface area contributed by atoms with Gasteiger partial charge in [-0.05, 0) is 31.5 Å². The Balaban J connectivity index is 2.04. The molecule has 1 saturated heterocycles. The minimum absolute atomic E-state index is 0.1000. The van der Waals surface area contributed by atoms with Gasteiger partial charge in [-0.1, -0.05) is 51.1 Å². The Labute approximate surface area is 163 Å². The molecule has 1 aliphatic heterocycles. The highest BCUT2D eigenvalue weighted by atomic mass is 16.6. The van der Waals surface area contributed by atoms with Gasteiger partial charge in [-0.25, -0.2) is 4.79 Å². The standard InChI is InChI=1S/C21H33N3O3/c1-5-22(4)19(18-10-7-6-8-11-18)20(25)23-12-9-13-24(15-14-23)21(26)27-16-17(2)3/h6-8,10-11,17,19H,5,9,12-16H2,1-4H3. The normalized spacial score (nSPS) is 16.4. The first-order valence-electron chi connectivity index (χ1n) is 9.89. The molecule has 2 rings (SSSR count). The summed E-state index contributed by atoms with van der Waals surface area (Å²) < 4.78 is 5.34. The molecule has 0 bridgehead atoms. The van der Waals surface area contributed by atoms with Crippen LogP contribution in [0.2, 0.25) is 0 Å². The molecule has 0 spiro atoms. The lowest BCUT2D eigenvalue weighted by Gasteiger charge is -2.31. The molecule has 1 atom stereocenters. The van der Waals surface area contributed by atoms with Gasteiger partial charge in [0.2, 0.25) is 5.91 Å². The van der Waals surface area contributed by atoms with E-state index < -0.39 is 0 Å². The molecule has 6 heteroatoms. The fourth-order valence-corrected chi connectivity index (χ4v) is 3.23. The van der Waals surface area contributed by atoms with E-state index in [9.17, 15) is 9.59 Å². The van der Waals surface area contributed by atoms with Crippen LogP contribution in [-0.2, 0) is 9.53 Å². The summed E-state index contributed by atoms with van der Waals surface area (Å²) in [6.45, 7) is 9.64. The molecular formula is C21H33N3O3. The van der Waals surface area contributed by atoms with Gasteiger partial charge in [0, 0.05) is 26.2 Å². The maximum atomic E-state index is 13.3. The fraction of sp³-hybridized carbons (Fsp3) is 0.619. The second kappa shape index (κ2) is 10.3. The highest BCUT2D eigenvalue weighted by Gasteiger charge is 2.30. The zero-order chi connectivity index (χ0) is 19.8. The van der Waals surface area contributed by atoms with Crippen molar-refractivity contribution >= 4 is 12.0 Å². The molecular weight excluding hydrogens is 342 g/mol. The third kappa shape index (κ3) is 5.96. The molecule has 1 aliphatic rings. The zero-order valence-electron chi connectivity index (χ0n) is 17.1. The summed E-state index contributed by atoms with van der Waals surface area (Å²) >= 11 is 0. The van der Waals surface area contributed by atoms with Crippen molar-refractivity contribution in [2.24, 2.45) is 5.92 Å². The minimum atomic E-state index is -0.296. The van der Waals surface area contributed by atoms with Crippen molar-refractivity contribution in [3.8, 4) is 0 Å². The third-order valence-corrected chi connectivity index (χ3v) is 4.89. The predicted molar refractivity (Wildman–Crippen MR) is 106 cm³/mol. The maximum Gasteiger partial charge on any atom is 0.409 e. The van der Waals surface area contributed by atoms with Crippen LogP contribution in [0.3, 0.4) is 0 Å². The average Bonchev–Trinajstić information content (AvgIpc) is 2.93. The van der Waals surface area contributed by atoms with E-state index in [0.29, 0.717) is 38.7 Å². The van der Waals surface area contributed by atoms with Gasteiger partial charge < -0.3 is 14.5 Å². The quantitative estimate of drug-likeness (QED) is 0.767. The number of likely N-dealkylation sites (N-methyl/N-ethyl adjacent to an activating group) is 1. The lowest BCUT2D eigenvalue weighted by Crippen LogP contribution is -2.43. The molecule has 0 radical (unpaired) electrons. The lowest BCUT2D eigenvalue weighted by atomic mass is 10.0. The van der Waals surface area contributed by atoms with E-state index in [1.165, 1.54) is 0 Å². The van der Waals surface area contributed by atoms with Gasteiger partial charge in [-0.3, -0.25) is 9.69 Å². The van der Waals surface area contributed by atoms with Crippen molar-refractivity contribution in [3.05, 3.63) is 35.9 Å². The molecule has 1 unspecified atom stereocenters. The maximum absolute atomic E-state index is 13.3. The molecule has 0 N–H and O–H groups in total. The molecule has 2 amide bonds. The van der Waals surface area contributed by atoms with Crippen molar-refractivity contribution in [2.75, 3.05) is 46.4 Å². The molecule has 1 fully saturated rings. The van der Waals surface area contributed by atoms with Crippen LogP contribution < -0.4 is 0 Å². The van der Waals surface area contributed by atoms with E-state index in [1.54, 1.807) is 4.90 Å². The SMILES string of the molecule is CCN(C)C(C(=O)N1CCCN(C(=O)OCC(C)C)CC1)c1ccccc1. The van der Waals surface area contributed by atoms with Gasteiger partial charge in [0.15, 0.2) is 0 Å². The Hall–Kier alpha value is -2.08. The Morgan fingerprint density at radius 3 is 2.33 bits per heavy atom. The van der Waals surface area contributed by atoms with Gasteiger partial charge in [0.05, 0.1) is 6.61 Å². The molecule has 1 aromatic rings. The van der Waals surface area contributed by atoms with Crippen LogP contribution >= 0.6 is 0 Å². The van der Waals surface area contributed by atoms with Crippen LogP contribution in [0.15, 0.2) is 30.3 Å². The second-order valence-electron chi connectivity index (χ2n) is 7.52. The van der Waals surface area contributed by atoms with Crippen LogP contribution in [0.4, 0.5) is 4.79 Å². The smallest absolute Gasteiger partial charge is 0.409 e. The number of hydrogen-bond acceptors (Lipinski definition) is 4. The minimum Gasteiger partial charge on any atom is -0.449 e. The van der Waals surface area contributed by atoms with Crippen molar-refractivity contribution in [1.29, 1.82) is 0 Å². The van der Waals surface area contributed by atoms with E-state index in [1.807, 2.05) is 56.1 Å². The highest BCUT2D eigenvalue weighted by Crippen LogP contribution is 2.22. The summed E-state index contributed by atoms with van der Waals surface area (Å²) in [5.41, 5.74) is 1.00. The number of rotatable bonds is 6. The number of nitrogens with zero attached hydrogens (tertiary/aromatic N) is 3. The summed E-state index contributed by atoms with van der Waals surface area (Å²) in [7, 11) is 1.98. The topological polar surface area (TPSA) is 53.1 Å². The van der Waals surface area contributed by atoms with Gasteiger partial charge in [-0.15, -0.1) is 0 Å². The Morgan fingerprint density at radius 2 is 1.70 bits per heavy atom. The molecule has 1 aromatic carbocycles. The first-order valence-corrected chi connectivity index (χ1v) is 9.89. The second-order valence-corrected chi connectivity index (χ2v) is 7.52. The molecule has 6 nitrogen and oxygen atoms in total. The molecule has 0 saturated carbocycles. The number of amides is 2. The van der Waals surface area contributed by atoms with Crippen molar-refractivity contribution in [1.82, 2.24) is 14.7 Å². The summed E-state index contributed by atoms with van der Waals surface area (Å²) in [4.78, 5) is 31.2. The monoisotopic (exact) mass is 375 g/mol. The summed E-state index contributed by atoms with van der Waals surface area (Å²) in [5.74, 6) is 0.415. The molecule has 0 aromatic heterocycles. The Kier molecular flexibility index (Phi) is 8.10. The number of carbonyl (C=O) groups excluding carboxylic acids is 2.